The summed E-state index contributed by atoms with van der Waals surface area (Å²) >= 11 is 1.87. The van der Waals surface area contributed by atoms with Gasteiger partial charge in [-0.05, 0) is 247 Å². The number of anilines is 6. The van der Waals surface area contributed by atoms with Gasteiger partial charge in [0, 0.05) is 81.2 Å². The summed E-state index contributed by atoms with van der Waals surface area (Å²) in [5, 5.41) is 4.71. The van der Waals surface area contributed by atoms with Crippen LogP contribution in [0.2, 0.25) is 0 Å². The molecule has 0 aliphatic heterocycles. The molecule has 0 saturated heterocycles. The molecule has 0 bridgehead atoms. The van der Waals surface area contributed by atoms with Crippen LogP contribution in [0, 0.1) is 0 Å². The summed E-state index contributed by atoms with van der Waals surface area (Å²) in [5.41, 5.74) is 44.5. The molecule has 0 saturated carbocycles. The molecule has 20 aromatic rings. The first kappa shape index (κ1) is 67.7. The van der Waals surface area contributed by atoms with Crippen LogP contribution in [-0.4, -0.2) is 0 Å². The molecule has 2 aromatic heterocycles. The standard InChI is InChI=1S/C116H76N2OS/c1-113(2)95-38-15-5-28-79(95)86-56-51-72(65-102(86)113)117(74-53-58-89-84-33-9-19-42-99(84)115(105(89)67-74)97-40-17-7-30-81(97)82-31-8-18-41-98(82)115)107-45-22-12-26-76(107)69-49-60-109-93(62-69)92-37-25-36-78(112(92)119-109)71-48-55-88-83-32-10-20-43-100(83)116(104(88)64-71)101-44-21-11-34-85(101)90-59-54-75(68-106(90)116)118(73-52-57-87-80-29-6-16-39-96(80)114(3,4)103(87)66-73)108-46-23-13-27-77(108)70-50-61-111-94(63-70)91-35-14-24-47-110(91)120-111/h5-68H,1-4H3. The zero-order valence-electron chi connectivity index (χ0n) is 66.7. The van der Waals surface area contributed by atoms with Gasteiger partial charge >= 0.3 is 0 Å². The quantitative estimate of drug-likeness (QED) is 0.144. The van der Waals surface area contributed by atoms with Crippen LogP contribution in [0.25, 0.3) is 142 Å². The number of benzene rings is 18. The number of hydrogen-bond donors (Lipinski definition) is 0. The fourth-order valence-electron chi connectivity index (χ4n) is 23.1. The van der Waals surface area contributed by atoms with Gasteiger partial charge in [-0.2, -0.15) is 0 Å². The average molecular weight is 1550 g/mol. The van der Waals surface area contributed by atoms with Crippen LogP contribution in [0.3, 0.4) is 0 Å². The lowest BCUT2D eigenvalue weighted by molar-refractivity contribution is 0.660. The summed E-state index contributed by atoms with van der Waals surface area (Å²) in [6.45, 7) is 9.57. The fraction of sp³-hybridized carbons (Fsp3) is 0.0690. The molecule has 2 spiro atoms. The molecule has 562 valence electrons. The Labute approximate surface area is 701 Å². The van der Waals surface area contributed by atoms with Gasteiger partial charge in [0.2, 0.25) is 0 Å². The summed E-state index contributed by atoms with van der Waals surface area (Å²) < 4.78 is 9.95. The lowest BCUT2D eigenvalue weighted by Gasteiger charge is -2.33. The predicted octanol–water partition coefficient (Wildman–Crippen LogP) is 31.2. The minimum Gasteiger partial charge on any atom is -0.455 e. The van der Waals surface area contributed by atoms with E-state index in [-0.39, 0.29) is 10.8 Å². The minimum atomic E-state index is -0.694. The third kappa shape index (κ3) is 8.97. The zero-order valence-corrected chi connectivity index (χ0v) is 67.5. The molecule has 0 N–H and O–H groups in total. The molecule has 120 heavy (non-hydrogen) atoms. The predicted molar refractivity (Wildman–Crippen MR) is 500 cm³/mol. The smallest absolute Gasteiger partial charge is 0.143 e. The molecule has 0 amide bonds. The van der Waals surface area contributed by atoms with Crippen LogP contribution in [0.1, 0.15) is 94.5 Å². The molecule has 0 fully saturated rings. The van der Waals surface area contributed by atoms with Crippen LogP contribution in [0.5, 0.6) is 0 Å². The lowest BCUT2D eigenvalue weighted by atomic mass is 9.70. The van der Waals surface area contributed by atoms with Gasteiger partial charge in [-0.25, -0.2) is 0 Å². The molecule has 0 radical (unpaired) electrons. The highest BCUT2D eigenvalue weighted by molar-refractivity contribution is 7.25. The van der Waals surface area contributed by atoms with E-state index in [1.807, 2.05) is 11.3 Å². The molecular formula is C116H76N2OS. The first-order chi connectivity index (χ1) is 59.0. The summed E-state index contributed by atoms with van der Waals surface area (Å²) in [6.07, 6.45) is 0. The van der Waals surface area contributed by atoms with Crippen LogP contribution in [0.15, 0.2) is 393 Å². The van der Waals surface area contributed by atoms with Gasteiger partial charge in [0.15, 0.2) is 0 Å². The Morgan fingerprint density at radius 2 is 0.517 bits per heavy atom. The average Bonchev–Trinajstić information content (AvgIpc) is 1.47. The molecule has 6 aliphatic carbocycles. The van der Waals surface area contributed by atoms with Crippen molar-refractivity contribution in [3.63, 3.8) is 0 Å². The van der Waals surface area contributed by atoms with Crippen LogP contribution >= 0.6 is 11.3 Å². The Hall–Kier alpha value is -14.4. The molecule has 6 aliphatic rings. The second kappa shape index (κ2) is 24.6. The number of para-hydroxylation sites is 3. The van der Waals surface area contributed by atoms with Gasteiger partial charge in [-0.3, -0.25) is 0 Å². The maximum absolute atomic E-state index is 7.36. The van der Waals surface area contributed by atoms with Gasteiger partial charge in [-0.1, -0.05) is 319 Å². The largest absolute Gasteiger partial charge is 0.455 e. The highest BCUT2D eigenvalue weighted by Crippen LogP contribution is 2.67. The van der Waals surface area contributed by atoms with Gasteiger partial charge in [-0.15, -0.1) is 11.3 Å². The van der Waals surface area contributed by atoms with Gasteiger partial charge in [0.25, 0.3) is 0 Å². The summed E-state index contributed by atoms with van der Waals surface area (Å²) in [5.74, 6) is 0. The van der Waals surface area contributed by atoms with E-state index in [9.17, 15) is 0 Å². The van der Waals surface area contributed by atoms with Crippen molar-refractivity contribution < 1.29 is 4.42 Å². The third-order valence-corrected chi connectivity index (χ3v) is 29.5. The Morgan fingerprint density at radius 3 is 0.992 bits per heavy atom. The molecule has 2 heterocycles. The Balaban J connectivity index is 0.631. The topological polar surface area (TPSA) is 19.6 Å². The van der Waals surface area contributed by atoms with Crippen molar-refractivity contribution in [1.82, 2.24) is 0 Å². The van der Waals surface area contributed by atoms with Crippen molar-refractivity contribution in [1.29, 1.82) is 0 Å². The summed E-state index contributed by atoms with van der Waals surface area (Å²) in [7, 11) is 0. The van der Waals surface area contributed by atoms with Crippen LogP contribution < -0.4 is 9.80 Å². The minimum absolute atomic E-state index is 0.222. The molecule has 3 nitrogen and oxygen atoms in total. The number of rotatable bonds is 9. The highest BCUT2D eigenvalue weighted by atomic mass is 32.1. The molecule has 1 unspecified atom stereocenters. The van der Waals surface area contributed by atoms with E-state index in [1.165, 1.54) is 165 Å². The lowest BCUT2D eigenvalue weighted by Crippen LogP contribution is -2.26. The van der Waals surface area contributed by atoms with Crippen LogP contribution in [-0.2, 0) is 21.7 Å². The first-order valence-electron chi connectivity index (χ1n) is 42.1. The summed E-state index contributed by atoms with van der Waals surface area (Å²) in [6, 6.07) is 148. The second-order valence-corrected chi connectivity index (χ2v) is 35.8. The number of furan rings is 1. The Kier molecular flexibility index (Phi) is 13.9. The number of hydrogen-bond acceptors (Lipinski definition) is 4. The third-order valence-electron chi connectivity index (χ3n) is 28.3. The van der Waals surface area contributed by atoms with E-state index in [0.29, 0.717) is 0 Å². The van der Waals surface area contributed by atoms with Crippen molar-refractivity contribution in [3.05, 3.63) is 455 Å². The monoisotopic (exact) mass is 1540 g/mol. The number of nitrogens with zero attached hydrogens (tertiary/aromatic N) is 2. The maximum atomic E-state index is 7.36. The molecule has 26 rings (SSSR count). The van der Waals surface area contributed by atoms with Crippen molar-refractivity contribution in [2.75, 3.05) is 9.80 Å². The van der Waals surface area contributed by atoms with E-state index < -0.39 is 10.8 Å². The van der Waals surface area contributed by atoms with Crippen molar-refractivity contribution in [3.8, 4) is 100 Å². The first-order valence-corrected chi connectivity index (χ1v) is 42.9. The van der Waals surface area contributed by atoms with Crippen molar-refractivity contribution in [2.45, 2.75) is 49.4 Å². The van der Waals surface area contributed by atoms with Crippen molar-refractivity contribution in [2.24, 2.45) is 0 Å². The normalized spacial score (nSPS) is 15.4. The Morgan fingerprint density at radius 1 is 0.208 bits per heavy atom. The van der Waals surface area contributed by atoms with Gasteiger partial charge < -0.3 is 14.2 Å². The van der Waals surface area contributed by atoms with E-state index >= 15 is 0 Å². The van der Waals surface area contributed by atoms with Crippen LogP contribution in [0.4, 0.5) is 34.1 Å². The summed E-state index contributed by atoms with van der Waals surface area (Å²) in [4.78, 5) is 5.11. The van der Waals surface area contributed by atoms with Crippen molar-refractivity contribution >= 4 is 87.6 Å². The molecular weight excluding hydrogens is 1470 g/mol. The fourth-order valence-corrected chi connectivity index (χ4v) is 24.2. The van der Waals surface area contributed by atoms with E-state index in [4.69, 9.17) is 4.42 Å². The number of thiophene rings is 1. The highest BCUT2D eigenvalue weighted by Gasteiger charge is 2.54. The van der Waals surface area contributed by atoms with E-state index in [0.717, 1.165) is 78.3 Å². The van der Waals surface area contributed by atoms with Gasteiger partial charge in [0.1, 0.15) is 11.2 Å². The molecule has 18 aromatic carbocycles. The second-order valence-electron chi connectivity index (χ2n) is 34.8. The van der Waals surface area contributed by atoms with Gasteiger partial charge in [0.05, 0.1) is 22.2 Å². The van der Waals surface area contributed by atoms with E-state index in [2.05, 4.69) is 426 Å². The van der Waals surface area contributed by atoms with E-state index in [1.54, 1.807) is 0 Å². The molecule has 1 atom stereocenters. The zero-order chi connectivity index (χ0) is 79.2. The number of fused-ring (bicyclic) bond motifs is 32. The molecule has 4 heteroatoms. The Bertz CT molecular complexity index is 7840. The SMILES string of the molecule is CC1(C)c2ccccc2-c2ccc(N(c3ccc4c(c3)C3(c5ccccc5-c5ccccc53)c3ccccc3-4)c3ccccc3-c3ccc4oc5c(-c6ccc7c(c6)C6(c8ccccc8-7)c7ccccc7-c7ccc(N(c8ccc9c(c8)C(C)(C)c8ccccc8-9)c8ccccc8-c8ccc9sc%10ccccc%10c9c8)cc76)cccc5c4c3)cc21. The maximum Gasteiger partial charge on any atom is 0.143 e.